The van der Waals surface area contributed by atoms with Crippen molar-refractivity contribution in [2.24, 2.45) is 11.1 Å². The number of nitrogens with one attached hydrogen (secondary N) is 2. The summed E-state index contributed by atoms with van der Waals surface area (Å²) < 4.78 is 5.47. The van der Waals surface area contributed by atoms with E-state index in [0.717, 1.165) is 22.2 Å². The van der Waals surface area contributed by atoms with Crippen LogP contribution in [-0.2, 0) is 32.0 Å². The number of amides is 2. The van der Waals surface area contributed by atoms with Crippen molar-refractivity contribution < 1.29 is 19.1 Å². The van der Waals surface area contributed by atoms with Crippen LogP contribution in [0.1, 0.15) is 44.9 Å². The molecule has 1 aliphatic rings. The fourth-order valence-corrected chi connectivity index (χ4v) is 5.50. The largest absolute Gasteiger partial charge is 0.466 e. The third kappa shape index (κ3) is 6.02. The number of benzene rings is 1. The van der Waals surface area contributed by atoms with Crippen LogP contribution < -0.4 is 11.1 Å². The number of carbonyl (C=O) groups is 3. The van der Waals surface area contributed by atoms with Gasteiger partial charge in [0.1, 0.15) is 6.04 Å². The number of ether oxygens (including phenoxy) is 1. The Labute approximate surface area is 220 Å². The normalized spacial score (nSPS) is 19.0. The van der Waals surface area contributed by atoms with E-state index in [1.807, 2.05) is 35.8 Å². The smallest absolute Gasteiger partial charge is 0.314 e. The van der Waals surface area contributed by atoms with Crippen molar-refractivity contribution in [2.45, 2.75) is 58.0 Å². The monoisotopic (exact) mass is 525 g/mol. The molecule has 1 unspecified atom stereocenters. The molecule has 2 aromatic heterocycles. The number of hydrogen-bond acceptors (Lipinski definition) is 7. The van der Waals surface area contributed by atoms with Gasteiger partial charge in [-0.2, -0.15) is 0 Å². The predicted octanol–water partition coefficient (Wildman–Crippen LogP) is 2.80. The number of piperidine rings is 1. The molecule has 3 aromatic rings. The van der Waals surface area contributed by atoms with Crippen molar-refractivity contribution in [1.29, 1.82) is 0 Å². The van der Waals surface area contributed by atoms with Gasteiger partial charge in [0.15, 0.2) is 0 Å². The van der Waals surface area contributed by atoms with E-state index >= 15 is 0 Å². The number of likely N-dealkylation sites (tertiary alicyclic amines) is 1. The first-order chi connectivity index (χ1) is 17.6. The first-order valence-electron chi connectivity index (χ1n) is 12.6. The molecule has 198 valence electrons. The first-order valence-corrected chi connectivity index (χ1v) is 13.5. The van der Waals surface area contributed by atoms with Crippen LogP contribution in [0.15, 0.2) is 41.4 Å². The second-order valence-electron chi connectivity index (χ2n) is 10.3. The summed E-state index contributed by atoms with van der Waals surface area (Å²) in [6.07, 6.45) is 3.80. The van der Waals surface area contributed by atoms with Gasteiger partial charge in [-0.3, -0.25) is 14.4 Å². The van der Waals surface area contributed by atoms with E-state index in [-0.39, 0.29) is 25.0 Å². The minimum Gasteiger partial charge on any atom is -0.466 e. The zero-order chi connectivity index (χ0) is 26.6. The third-order valence-electron chi connectivity index (χ3n) is 6.89. The summed E-state index contributed by atoms with van der Waals surface area (Å²) in [5, 5.41) is 5.80. The Hall–Kier alpha value is -3.24. The number of para-hydroxylation sites is 1. The van der Waals surface area contributed by atoms with Gasteiger partial charge in [-0.05, 0) is 45.2 Å². The van der Waals surface area contributed by atoms with E-state index in [1.54, 1.807) is 31.2 Å². The van der Waals surface area contributed by atoms with Gasteiger partial charge in [0, 0.05) is 48.4 Å². The van der Waals surface area contributed by atoms with Crippen molar-refractivity contribution in [2.75, 3.05) is 19.7 Å². The van der Waals surface area contributed by atoms with Gasteiger partial charge in [0.2, 0.25) is 11.8 Å². The number of aromatic nitrogens is 2. The Morgan fingerprint density at radius 2 is 2.11 bits per heavy atom. The van der Waals surface area contributed by atoms with Crippen LogP contribution in [-0.4, -0.2) is 63.9 Å². The van der Waals surface area contributed by atoms with Crippen LogP contribution in [0.5, 0.6) is 0 Å². The predicted molar refractivity (Wildman–Crippen MR) is 143 cm³/mol. The molecule has 2 amide bonds. The molecule has 1 fully saturated rings. The van der Waals surface area contributed by atoms with Gasteiger partial charge in [-0.25, -0.2) is 4.98 Å². The third-order valence-corrected chi connectivity index (χ3v) is 7.52. The molecule has 0 saturated carbocycles. The highest BCUT2D eigenvalue weighted by Crippen LogP contribution is 2.36. The number of fused-ring (bicyclic) bond motifs is 1. The van der Waals surface area contributed by atoms with Crippen LogP contribution in [0.4, 0.5) is 0 Å². The minimum atomic E-state index is -1.15. The molecule has 0 aliphatic carbocycles. The second-order valence-corrected chi connectivity index (χ2v) is 11.1. The maximum absolute atomic E-state index is 14.0. The molecule has 37 heavy (non-hydrogen) atoms. The molecular weight excluding hydrogens is 490 g/mol. The van der Waals surface area contributed by atoms with Crippen molar-refractivity contribution in [3.63, 3.8) is 0 Å². The topological polar surface area (TPSA) is 130 Å². The molecule has 4 rings (SSSR count). The average molecular weight is 526 g/mol. The van der Waals surface area contributed by atoms with E-state index < -0.39 is 22.9 Å². The lowest BCUT2D eigenvalue weighted by atomic mass is 9.76. The lowest BCUT2D eigenvalue weighted by Gasteiger charge is -2.42. The van der Waals surface area contributed by atoms with Gasteiger partial charge in [0.25, 0.3) is 0 Å². The number of rotatable bonds is 9. The molecule has 3 heterocycles. The van der Waals surface area contributed by atoms with Gasteiger partial charge in [0.05, 0.1) is 28.8 Å². The molecule has 0 radical (unpaired) electrons. The quantitative estimate of drug-likeness (QED) is 0.368. The van der Waals surface area contributed by atoms with Crippen LogP contribution >= 0.6 is 11.3 Å². The molecule has 0 spiro atoms. The van der Waals surface area contributed by atoms with Crippen molar-refractivity contribution in [1.82, 2.24) is 20.2 Å². The number of thiazole rings is 1. The molecule has 9 nitrogen and oxygen atoms in total. The number of carbonyl (C=O) groups excluding carboxylic acids is 3. The van der Waals surface area contributed by atoms with Gasteiger partial charge < -0.3 is 25.7 Å². The average Bonchev–Trinajstić information content (AvgIpc) is 3.53. The zero-order valence-corrected chi connectivity index (χ0v) is 22.4. The molecule has 1 aliphatic heterocycles. The molecule has 4 N–H and O–H groups in total. The van der Waals surface area contributed by atoms with Crippen molar-refractivity contribution in [3.05, 3.63) is 52.6 Å². The summed E-state index contributed by atoms with van der Waals surface area (Å²) in [7, 11) is 0. The number of aromatic amines is 1. The van der Waals surface area contributed by atoms with Crippen molar-refractivity contribution in [3.8, 4) is 0 Å². The van der Waals surface area contributed by atoms with Gasteiger partial charge >= 0.3 is 5.97 Å². The summed E-state index contributed by atoms with van der Waals surface area (Å²) >= 11 is 1.47. The van der Waals surface area contributed by atoms with Crippen LogP contribution in [0.25, 0.3) is 10.9 Å². The standard InChI is InChI=1S/C27H35N5O4S/c1-4-36-25(35)27(13-19-15-37-17-30-19)10-7-11-32(16-27)23(33)22(31-24(34)26(2,3)28)12-18-14-29-21-9-6-5-8-20(18)21/h5-6,8-9,14-15,17,22,29H,4,7,10-13,16,28H2,1-3H3,(H,31,34)/t22-,27?/m1/s1. The lowest BCUT2D eigenvalue weighted by Crippen LogP contribution is -2.59. The fourth-order valence-electron chi connectivity index (χ4n) is 4.94. The van der Waals surface area contributed by atoms with Crippen molar-refractivity contribution >= 4 is 40.0 Å². The second kappa shape index (κ2) is 11.0. The molecule has 10 heteroatoms. The number of nitrogens with zero attached hydrogens (tertiary/aromatic N) is 2. The summed E-state index contributed by atoms with van der Waals surface area (Å²) in [5.74, 6) is -0.975. The van der Waals surface area contributed by atoms with E-state index in [9.17, 15) is 14.4 Å². The molecule has 1 saturated heterocycles. The van der Waals surface area contributed by atoms with Crippen LogP contribution in [0.3, 0.4) is 0 Å². The Morgan fingerprint density at radius 1 is 1.32 bits per heavy atom. The van der Waals surface area contributed by atoms with Gasteiger partial charge in [-0.15, -0.1) is 11.3 Å². The van der Waals surface area contributed by atoms with E-state index in [1.165, 1.54) is 11.3 Å². The molecule has 2 atom stereocenters. The highest BCUT2D eigenvalue weighted by Gasteiger charge is 2.46. The van der Waals surface area contributed by atoms with E-state index in [0.29, 0.717) is 32.2 Å². The fraction of sp³-hybridized carbons (Fsp3) is 0.481. The highest BCUT2D eigenvalue weighted by atomic mass is 32.1. The zero-order valence-electron chi connectivity index (χ0n) is 21.6. The number of H-pyrrole nitrogens is 1. The molecular formula is C27H35N5O4S. The Morgan fingerprint density at radius 3 is 2.81 bits per heavy atom. The van der Waals surface area contributed by atoms with E-state index in [4.69, 9.17) is 10.5 Å². The minimum absolute atomic E-state index is 0.203. The summed E-state index contributed by atoms with van der Waals surface area (Å²) in [4.78, 5) is 49.4. The van der Waals surface area contributed by atoms with E-state index in [2.05, 4.69) is 15.3 Å². The molecule has 0 bridgehead atoms. The maximum Gasteiger partial charge on any atom is 0.314 e. The number of nitrogens with two attached hydrogens (primary N) is 1. The summed E-state index contributed by atoms with van der Waals surface area (Å²) in [6.45, 7) is 5.95. The number of hydrogen-bond donors (Lipinski definition) is 3. The Kier molecular flexibility index (Phi) is 7.99. The first kappa shape index (κ1) is 26.8. The number of esters is 1. The summed E-state index contributed by atoms with van der Waals surface area (Å²) in [6, 6.07) is 6.99. The maximum atomic E-state index is 14.0. The highest BCUT2D eigenvalue weighted by molar-refractivity contribution is 7.07. The SMILES string of the molecule is CCOC(=O)C1(Cc2cscn2)CCCN(C(=O)[C@@H](Cc2c[nH]c3ccccc23)NC(=O)C(C)(C)N)C1. The Bertz CT molecular complexity index is 1250. The van der Waals surface area contributed by atoms with Crippen LogP contribution in [0.2, 0.25) is 0 Å². The Balaban J connectivity index is 1.62. The summed E-state index contributed by atoms with van der Waals surface area (Å²) in [5.41, 5.74) is 8.43. The van der Waals surface area contributed by atoms with Gasteiger partial charge in [-0.1, -0.05) is 18.2 Å². The lowest BCUT2D eigenvalue weighted by molar-refractivity contribution is -0.161. The molecule has 1 aromatic carbocycles. The van der Waals surface area contributed by atoms with Crippen LogP contribution in [0, 0.1) is 5.41 Å².